The summed E-state index contributed by atoms with van der Waals surface area (Å²) >= 11 is 0. The van der Waals surface area contributed by atoms with Gasteiger partial charge in [-0.3, -0.25) is 0 Å². The summed E-state index contributed by atoms with van der Waals surface area (Å²) < 4.78 is 0. The second kappa shape index (κ2) is 3.67. The SMILES string of the molecule is C/C=C/C(O)[C@@H]1CC=C(C)C1(C)C. The Hall–Kier alpha value is -0.560. The lowest BCUT2D eigenvalue weighted by molar-refractivity contribution is 0.0978. The molecular weight excluding hydrogens is 160 g/mol. The first-order valence-corrected chi connectivity index (χ1v) is 4.98. The van der Waals surface area contributed by atoms with E-state index in [4.69, 9.17) is 0 Å². The summed E-state index contributed by atoms with van der Waals surface area (Å²) in [5.74, 6) is 0.351. The molecule has 74 valence electrons. The van der Waals surface area contributed by atoms with Gasteiger partial charge in [-0.2, -0.15) is 0 Å². The summed E-state index contributed by atoms with van der Waals surface area (Å²) in [4.78, 5) is 0. The molecule has 1 heteroatoms. The van der Waals surface area contributed by atoms with E-state index in [-0.39, 0.29) is 11.5 Å². The van der Waals surface area contributed by atoms with Crippen LogP contribution in [0.5, 0.6) is 0 Å². The molecule has 1 unspecified atom stereocenters. The van der Waals surface area contributed by atoms with Crippen LogP contribution >= 0.6 is 0 Å². The molecule has 0 aromatic carbocycles. The van der Waals surface area contributed by atoms with Gasteiger partial charge >= 0.3 is 0 Å². The van der Waals surface area contributed by atoms with Crippen molar-refractivity contribution in [2.75, 3.05) is 0 Å². The summed E-state index contributed by atoms with van der Waals surface area (Å²) in [5, 5.41) is 9.88. The molecule has 0 radical (unpaired) electrons. The highest BCUT2D eigenvalue weighted by Crippen LogP contribution is 2.44. The van der Waals surface area contributed by atoms with Crippen molar-refractivity contribution in [2.45, 2.75) is 40.2 Å². The van der Waals surface area contributed by atoms with Crippen molar-refractivity contribution in [1.82, 2.24) is 0 Å². The molecule has 0 aromatic rings. The Morgan fingerprint density at radius 1 is 1.62 bits per heavy atom. The molecule has 13 heavy (non-hydrogen) atoms. The van der Waals surface area contributed by atoms with Gasteiger partial charge < -0.3 is 5.11 Å². The van der Waals surface area contributed by atoms with Gasteiger partial charge in [-0.15, -0.1) is 0 Å². The fourth-order valence-electron chi connectivity index (χ4n) is 2.05. The van der Waals surface area contributed by atoms with E-state index in [9.17, 15) is 5.11 Å². The molecule has 0 saturated carbocycles. The van der Waals surface area contributed by atoms with Gasteiger partial charge in [-0.1, -0.05) is 37.6 Å². The van der Waals surface area contributed by atoms with Gasteiger partial charge in [0.2, 0.25) is 0 Å². The monoisotopic (exact) mass is 180 g/mol. The van der Waals surface area contributed by atoms with E-state index in [0.717, 1.165) is 6.42 Å². The molecule has 0 fully saturated rings. The minimum absolute atomic E-state index is 0.152. The molecule has 0 spiro atoms. The minimum atomic E-state index is -0.298. The van der Waals surface area contributed by atoms with Crippen molar-refractivity contribution in [1.29, 1.82) is 0 Å². The molecular formula is C12H20O. The molecule has 1 nitrogen and oxygen atoms in total. The largest absolute Gasteiger partial charge is 0.389 e. The standard InChI is InChI=1S/C12H20O/c1-5-6-11(13)10-8-7-9(2)12(10,3)4/h5-7,10-11,13H,8H2,1-4H3/b6-5+/t10-,11?/m0/s1. The summed E-state index contributed by atoms with van der Waals surface area (Å²) in [6.45, 7) is 8.53. The Kier molecular flexibility index (Phi) is 2.97. The van der Waals surface area contributed by atoms with Gasteiger partial charge in [-0.05, 0) is 25.7 Å². The predicted molar refractivity (Wildman–Crippen MR) is 56.5 cm³/mol. The van der Waals surface area contributed by atoms with Crippen molar-refractivity contribution in [3.8, 4) is 0 Å². The van der Waals surface area contributed by atoms with Gasteiger partial charge in [0.25, 0.3) is 0 Å². The number of aliphatic hydroxyl groups excluding tert-OH is 1. The summed E-state index contributed by atoms with van der Waals surface area (Å²) in [7, 11) is 0. The maximum atomic E-state index is 9.88. The van der Waals surface area contributed by atoms with Crippen molar-refractivity contribution in [2.24, 2.45) is 11.3 Å². The minimum Gasteiger partial charge on any atom is -0.389 e. The Morgan fingerprint density at radius 3 is 2.62 bits per heavy atom. The number of allylic oxidation sites excluding steroid dienone is 3. The molecule has 1 aliphatic carbocycles. The van der Waals surface area contributed by atoms with E-state index in [1.807, 2.05) is 19.1 Å². The van der Waals surface area contributed by atoms with Gasteiger partial charge in [-0.25, -0.2) is 0 Å². The molecule has 0 heterocycles. The van der Waals surface area contributed by atoms with Gasteiger partial charge in [0.1, 0.15) is 0 Å². The summed E-state index contributed by atoms with van der Waals surface area (Å²) in [6.07, 6.45) is 6.77. The highest BCUT2D eigenvalue weighted by Gasteiger charge is 2.38. The fourth-order valence-corrected chi connectivity index (χ4v) is 2.05. The van der Waals surface area contributed by atoms with E-state index >= 15 is 0 Å². The average Bonchev–Trinajstić information content (AvgIpc) is 2.28. The van der Waals surface area contributed by atoms with Gasteiger partial charge in [0.05, 0.1) is 6.10 Å². The van der Waals surface area contributed by atoms with Crippen LogP contribution in [-0.4, -0.2) is 11.2 Å². The molecule has 0 amide bonds. The predicted octanol–water partition coefficient (Wildman–Crippen LogP) is 2.92. The molecule has 0 bridgehead atoms. The number of aliphatic hydroxyl groups is 1. The van der Waals surface area contributed by atoms with Crippen molar-refractivity contribution < 1.29 is 5.11 Å². The van der Waals surface area contributed by atoms with E-state index in [1.165, 1.54) is 5.57 Å². The first-order chi connectivity index (χ1) is 6.00. The average molecular weight is 180 g/mol. The second-order valence-electron chi connectivity index (χ2n) is 4.47. The maximum absolute atomic E-state index is 9.88. The normalized spacial score (nSPS) is 29.3. The van der Waals surface area contributed by atoms with Crippen LogP contribution in [0.4, 0.5) is 0 Å². The van der Waals surface area contributed by atoms with Crippen LogP contribution in [-0.2, 0) is 0 Å². The van der Waals surface area contributed by atoms with Crippen LogP contribution < -0.4 is 0 Å². The van der Waals surface area contributed by atoms with Gasteiger partial charge in [0, 0.05) is 5.92 Å². The quantitative estimate of drug-likeness (QED) is 0.648. The van der Waals surface area contributed by atoms with Crippen LogP contribution in [0, 0.1) is 11.3 Å². The van der Waals surface area contributed by atoms with E-state index in [2.05, 4.69) is 26.8 Å². The molecule has 2 atom stereocenters. The Bertz CT molecular complexity index is 236. The number of hydrogen-bond acceptors (Lipinski definition) is 1. The Morgan fingerprint density at radius 2 is 2.23 bits per heavy atom. The lowest BCUT2D eigenvalue weighted by Gasteiger charge is -2.32. The van der Waals surface area contributed by atoms with Gasteiger partial charge in [0.15, 0.2) is 0 Å². The molecule has 1 N–H and O–H groups in total. The molecule has 0 aliphatic heterocycles. The zero-order valence-electron chi connectivity index (χ0n) is 9.04. The lowest BCUT2D eigenvalue weighted by Crippen LogP contribution is -2.30. The Balaban J connectivity index is 2.76. The van der Waals surface area contributed by atoms with E-state index in [1.54, 1.807) is 0 Å². The third-order valence-electron chi connectivity index (χ3n) is 3.42. The second-order valence-corrected chi connectivity index (χ2v) is 4.47. The van der Waals surface area contributed by atoms with Crippen molar-refractivity contribution >= 4 is 0 Å². The topological polar surface area (TPSA) is 20.2 Å². The highest BCUT2D eigenvalue weighted by atomic mass is 16.3. The first kappa shape index (κ1) is 10.5. The first-order valence-electron chi connectivity index (χ1n) is 4.98. The number of rotatable bonds is 2. The van der Waals surface area contributed by atoms with Crippen LogP contribution in [0.3, 0.4) is 0 Å². The van der Waals surface area contributed by atoms with E-state index < -0.39 is 0 Å². The van der Waals surface area contributed by atoms with Crippen molar-refractivity contribution in [3.63, 3.8) is 0 Å². The third-order valence-corrected chi connectivity index (χ3v) is 3.42. The van der Waals surface area contributed by atoms with E-state index in [0.29, 0.717) is 5.92 Å². The summed E-state index contributed by atoms with van der Waals surface area (Å²) in [5.41, 5.74) is 1.56. The van der Waals surface area contributed by atoms with Crippen LogP contribution in [0.1, 0.15) is 34.1 Å². The molecule has 1 aliphatic rings. The van der Waals surface area contributed by atoms with Crippen LogP contribution in [0.2, 0.25) is 0 Å². The zero-order chi connectivity index (χ0) is 10.1. The summed E-state index contributed by atoms with van der Waals surface area (Å²) in [6, 6.07) is 0. The third kappa shape index (κ3) is 1.86. The molecule has 0 saturated heterocycles. The molecule has 1 rings (SSSR count). The zero-order valence-corrected chi connectivity index (χ0v) is 9.04. The Labute approximate surface area is 81.2 Å². The molecule has 0 aromatic heterocycles. The highest BCUT2D eigenvalue weighted by molar-refractivity contribution is 5.20. The maximum Gasteiger partial charge on any atom is 0.0760 e. The number of hydrogen-bond donors (Lipinski definition) is 1. The fraction of sp³-hybridized carbons (Fsp3) is 0.667. The smallest absolute Gasteiger partial charge is 0.0760 e. The van der Waals surface area contributed by atoms with Crippen LogP contribution in [0.25, 0.3) is 0 Å². The van der Waals surface area contributed by atoms with Crippen molar-refractivity contribution in [3.05, 3.63) is 23.8 Å². The van der Waals surface area contributed by atoms with Crippen LogP contribution in [0.15, 0.2) is 23.8 Å². The lowest BCUT2D eigenvalue weighted by atomic mass is 9.75.